The number of hydrogen-bond acceptors (Lipinski definition) is 2. The minimum Gasteiger partial charge on any atom is -0.405 e. The van der Waals surface area contributed by atoms with Crippen molar-refractivity contribution < 1.29 is 9.31 Å². The van der Waals surface area contributed by atoms with Gasteiger partial charge < -0.3 is 9.31 Å². The lowest BCUT2D eigenvalue weighted by Crippen LogP contribution is -2.08. The van der Waals surface area contributed by atoms with Crippen molar-refractivity contribution in [1.82, 2.24) is 0 Å². The SMILES string of the molecule is C=C=CB1OCCO1. The maximum atomic E-state index is 5.01. The van der Waals surface area contributed by atoms with Crippen LogP contribution in [0, 0.1) is 0 Å². The summed E-state index contributed by atoms with van der Waals surface area (Å²) in [5.74, 6) is 1.66. The van der Waals surface area contributed by atoms with E-state index in [1.165, 1.54) is 0 Å². The smallest absolute Gasteiger partial charge is 0.405 e. The van der Waals surface area contributed by atoms with Crippen molar-refractivity contribution in [3.05, 3.63) is 18.3 Å². The van der Waals surface area contributed by atoms with Gasteiger partial charge in [-0.05, 0) is 5.98 Å². The predicted molar refractivity (Wildman–Crippen MR) is 31.4 cm³/mol. The summed E-state index contributed by atoms with van der Waals surface area (Å²) in [7, 11) is -0.188. The van der Waals surface area contributed by atoms with Gasteiger partial charge in [0.15, 0.2) is 0 Å². The minimum absolute atomic E-state index is 0.188. The molecular formula is C5H7BO2. The molecule has 8 heavy (non-hydrogen) atoms. The van der Waals surface area contributed by atoms with Gasteiger partial charge in [-0.25, -0.2) is 0 Å². The van der Waals surface area contributed by atoms with E-state index in [0.717, 1.165) is 0 Å². The van der Waals surface area contributed by atoms with E-state index < -0.39 is 0 Å². The Bertz CT molecular complexity index is 112. The van der Waals surface area contributed by atoms with Crippen LogP contribution in [0.1, 0.15) is 0 Å². The molecule has 0 bridgehead atoms. The summed E-state index contributed by atoms with van der Waals surface area (Å²) in [4.78, 5) is 0. The fourth-order valence-electron chi connectivity index (χ4n) is 0.569. The molecule has 0 radical (unpaired) electrons. The average Bonchev–Trinajstić information content (AvgIpc) is 2.19. The Labute approximate surface area is 48.9 Å². The van der Waals surface area contributed by atoms with Gasteiger partial charge in [-0.15, -0.1) is 5.73 Å². The molecule has 0 spiro atoms. The third-order valence-electron chi connectivity index (χ3n) is 0.902. The minimum atomic E-state index is -0.188. The first-order valence-electron chi connectivity index (χ1n) is 2.52. The van der Waals surface area contributed by atoms with Crippen LogP contribution in [0.5, 0.6) is 0 Å². The molecule has 1 aliphatic rings. The van der Waals surface area contributed by atoms with E-state index in [1.807, 2.05) is 0 Å². The third kappa shape index (κ3) is 1.24. The monoisotopic (exact) mass is 110 g/mol. The Balaban J connectivity index is 2.35. The van der Waals surface area contributed by atoms with Crippen LogP contribution in [0.25, 0.3) is 0 Å². The summed E-state index contributed by atoms with van der Waals surface area (Å²) in [6, 6.07) is 0. The van der Waals surface area contributed by atoms with Gasteiger partial charge >= 0.3 is 7.12 Å². The second kappa shape index (κ2) is 2.73. The first-order valence-corrected chi connectivity index (χ1v) is 2.52. The maximum absolute atomic E-state index is 5.01. The highest BCUT2D eigenvalue weighted by Crippen LogP contribution is 1.98. The van der Waals surface area contributed by atoms with Gasteiger partial charge in [0.25, 0.3) is 0 Å². The fraction of sp³-hybridized carbons (Fsp3) is 0.400. The van der Waals surface area contributed by atoms with Crippen molar-refractivity contribution in [2.75, 3.05) is 13.2 Å². The quantitative estimate of drug-likeness (QED) is 0.359. The number of hydrogen-bond donors (Lipinski definition) is 0. The van der Waals surface area contributed by atoms with Gasteiger partial charge in [0.1, 0.15) is 0 Å². The van der Waals surface area contributed by atoms with Crippen LogP contribution in [0.15, 0.2) is 18.3 Å². The third-order valence-corrected chi connectivity index (χ3v) is 0.902. The molecule has 42 valence electrons. The van der Waals surface area contributed by atoms with Gasteiger partial charge in [0, 0.05) is 0 Å². The molecule has 1 heterocycles. The maximum Gasteiger partial charge on any atom is 0.494 e. The zero-order valence-corrected chi connectivity index (χ0v) is 4.59. The Morgan fingerprint density at radius 1 is 1.50 bits per heavy atom. The molecule has 1 fully saturated rings. The highest BCUT2D eigenvalue weighted by molar-refractivity contribution is 6.51. The zero-order valence-electron chi connectivity index (χ0n) is 4.59. The summed E-state index contributed by atoms with van der Waals surface area (Å²) in [5, 5.41) is 0. The van der Waals surface area contributed by atoms with E-state index in [4.69, 9.17) is 9.31 Å². The molecule has 3 heteroatoms. The van der Waals surface area contributed by atoms with Crippen LogP contribution in [0.2, 0.25) is 0 Å². The van der Waals surface area contributed by atoms with Crippen molar-refractivity contribution in [3.63, 3.8) is 0 Å². The summed E-state index contributed by atoms with van der Waals surface area (Å²) >= 11 is 0. The van der Waals surface area contributed by atoms with Gasteiger partial charge in [0.2, 0.25) is 0 Å². The van der Waals surface area contributed by atoms with Crippen LogP contribution < -0.4 is 0 Å². The lowest BCUT2D eigenvalue weighted by Gasteiger charge is -1.89. The fourth-order valence-corrected chi connectivity index (χ4v) is 0.569. The molecule has 0 unspecified atom stereocenters. The molecule has 0 aromatic carbocycles. The standard InChI is InChI=1S/C5H7BO2/c1-2-3-6-7-4-5-8-6/h3H,1,4-5H2. The molecule has 0 amide bonds. The number of rotatable bonds is 1. The van der Waals surface area contributed by atoms with Gasteiger partial charge in [-0.3, -0.25) is 0 Å². The normalized spacial score (nSPS) is 18.2. The van der Waals surface area contributed by atoms with Crippen LogP contribution in [-0.2, 0) is 9.31 Å². The molecule has 1 aliphatic heterocycles. The van der Waals surface area contributed by atoms with Crippen molar-refractivity contribution in [1.29, 1.82) is 0 Å². The summed E-state index contributed by atoms with van der Waals surface area (Å²) in [6.45, 7) is 4.75. The van der Waals surface area contributed by atoms with Crippen LogP contribution in [0.4, 0.5) is 0 Å². The summed E-state index contributed by atoms with van der Waals surface area (Å²) in [5.41, 5.74) is 2.58. The highest BCUT2D eigenvalue weighted by Gasteiger charge is 2.18. The second-order valence-corrected chi connectivity index (χ2v) is 1.48. The molecule has 0 aromatic rings. The van der Waals surface area contributed by atoms with Crippen LogP contribution in [-0.4, -0.2) is 20.3 Å². The van der Waals surface area contributed by atoms with Crippen LogP contribution >= 0.6 is 0 Å². The molecule has 0 N–H and O–H groups in total. The zero-order chi connectivity index (χ0) is 5.82. The Morgan fingerprint density at radius 2 is 2.12 bits per heavy atom. The Kier molecular flexibility index (Phi) is 1.92. The summed E-state index contributed by atoms with van der Waals surface area (Å²) in [6.07, 6.45) is 0. The summed E-state index contributed by atoms with van der Waals surface area (Å²) < 4.78 is 10.0. The predicted octanol–water partition coefficient (Wildman–Crippen LogP) is 0.402. The van der Waals surface area contributed by atoms with E-state index in [-0.39, 0.29) is 7.12 Å². The molecular weight excluding hydrogens is 103 g/mol. The second-order valence-electron chi connectivity index (χ2n) is 1.48. The van der Waals surface area contributed by atoms with Gasteiger partial charge in [-0.1, -0.05) is 6.58 Å². The van der Waals surface area contributed by atoms with E-state index in [9.17, 15) is 0 Å². The molecule has 0 aromatic heterocycles. The van der Waals surface area contributed by atoms with Crippen molar-refractivity contribution in [2.45, 2.75) is 0 Å². The van der Waals surface area contributed by atoms with Gasteiger partial charge in [-0.2, -0.15) is 0 Å². The first kappa shape index (κ1) is 5.64. The van der Waals surface area contributed by atoms with E-state index in [2.05, 4.69) is 12.3 Å². The van der Waals surface area contributed by atoms with Crippen LogP contribution in [0.3, 0.4) is 0 Å². The van der Waals surface area contributed by atoms with E-state index in [0.29, 0.717) is 13.2 Å². The highest BCUT2D eigenvalue weighted by atomic mass is 16.6. The molecule has 2 nitrogen and oxygen atoms in total. The molecule has 1 saturated heterocycles. The van der Waals surface area contributed by atoms with E-state index >= 15 is 0 Å². The van der Waals surface area contributed by atoms with E-state index in [1.54, 1.807) is 5.98 Å². The average molecular weight is 110 g/mol. The van der Waals surface area contributed by atoms with Crippen molar-refractivity contribution >= 4 is 7.12 Å². The lowest BCUT2D eigenvalue weighted by atomic mass is 9.92. The Hall–Kier alpha value is -0.495. The molecule has 0 aliphatic carbocycles. The molecule has 1 rings (SSSR count). The molecule has 0 atom stereocenters. The largest absolute Gasteiger partial charge is 0.494 e. The first-order chi connectivity index (χ1) is 3.93. The van der Waals surface area contributed by atoms with Crippen molar-refractivity contribution in [3.8, 4) is 0 Å². The Morgan fingerprint density at radius 3 is 2.62 bits per heavy atom. The lowest BCUT2D eigenvalue weighted by molar-refractivity contribution is 0.365. The topological polar surface area (TPSA) is 18.5 Å². The van der Waals surface area contributed by atoms with Crippen molar-refractivity contribution in [2.24, 2.45) is 0 Å². The van der Waals surface area contributed by atoms with Gasteiger partial charge in [0.05, 0.1) is 13.2 Å². The molecule has 0 saturated carbocycles.